The van der Waals surface area contributed by atoms with Gasteiger partial charge in [0.25, 0.3) is 0 Å². The predicted octanol–water partition coefficient (Wildman–Crippen LogP) is 3.82. The van der Waals surface area contributed by atoms with Gasteiger partial charge in [-0.25, -0.2) is 0 Å². The number of hydrogen-bond donors (Lipinski definition) is 1. The largest absolute Gasteiger partial charge is 0.378 e. The van der Waals surface area contributed by atoms with Crippen LogP contribution in [0, 0.1) is 0 Å². The van der Waals surface area contributed by atoms with Gasteiger partial charge in [0, 0.05) is 17.7 Å². The van der Waals surface area contributed by atoms with Gasteiger partial charge in [0.1, 0.15) is 0 Å². The van der Waals surface area contributed by atoms with E-state index in [0.29, 0.717) is 12.1 Å². The fourth-order valence-corrected chi connectivity index (χ4v) is 2.77. The molecule has 0 saturated carbocycles. The highest BCUT2D eigenvalue weighted by atomic mass is 35.5. The van der Waals surface area contributed by atoms with Gasteiger partial charge >= 0.3 is 0 Å². The number of hydrogen-bond acceptors (Lipinski definition) is 2. The van der Waals surface area contributed by atoms with Crippen LogP contribution >= 0.6 is 11.6 Å². The van der Waals surface area contributed by atoms with E-state index in [9.17, 15) is 0 Å². The zero-order valence-electron chi connectivity index (χ0n) is 11.7. The number of ether oxygens (including phenoxy) is 1. The van der Waals surface area contributed by atoms with Crippen LogP contribution in [0.5, 0.6) is 0 Å². The van der Waals surface area contributed by atoms with Gasteiger partial charge in [-0.3, -0.25) is 0 Å². The van der Waals surface area contributed by atoms with Crippen molar-refractivity contribution in [2.75, 3.05) is 13.2 Å². The van der Waals surface area contributed by atoms with Crippen LogP contribution in [0.4, 0.5) is 0 Å². The van der Waals surface area contributed by atoms with Crippen molar-refractivity contribution in [1.29, 1.82) is 0 Å². The molecule has 2 atom stereocenters. The Balaban J connectivity index is 1.89. The van der Waals surface area contributed by atoms with E-state index in [1.54, 1.807) is 0 Å². The lowest BCUT2D eigenvalue weighted by Gasteiger charge is -2.22. The van der Waals surface area contributed by atoms with Gasteiger partial charge in [-0.05, 0) is 56.3 Å². The normalized spacial score (nSPS) is 20.6. The molecule has 1 aromatic carbocycles. The Kier molecular flexibility index (Phi) is 6.15. The van der Waals surface area contributed by atoms with Crippen LogP contribution in [0.2, 0.25) is 5.02 Å². The summed E-state index contributed by atoms with van der Waals surface area (Å²) in [4.78, 5) is 0. The lowest BCUT2D eigenvalue weighted by atomic mass is 9.99. The van der Waals surface area contributed by atoms with Crippen LogP contribution in [0.1, 0.15) is 38.2 Å². The molecular weight excluding hydrogens is 258 g/mol. The molecule has 0 bridgehead atoms. The first kappa shape index (κ1) is 14.8. The van der Waals surface area contributed by atoms with E-state index in [4.69, 9.17) is 16.3 Å². The summed E-state index contributed by atoms with van der Waals surface area (Å²) in [6, 6.07) is 8.69. The molecule has 0 aromatic heterocycles. The van der Waals surface area contributed by atoms with Gasteiger partial charge in [-0.2, -0.15) is 0 Å². The molecule has 19 heavy (non-hydrogen) atoms. The highest BCUT2D eigenvalue weighted by Gasteiger charge is 2.20. The second-order valence-electron chi connectivity index (χ2n) is 5.35. The third-order valence-electron chi connectivity index (χ3n) is 3.65. The first-order valence-electron chi connectivity index (χ1n) is 7.37. The third kappa shape index (κ3) is 5.13. The molecule has 0 radical (unpaired) electrons. The van der Waals surface area contributed by atoms with Crippen LogP contribution < -0.4 is 5.32 Å². The van der Waals surface area contributed by atoms with Crippen LogP contribution in [0.15, 0.2) is 24.3 Å². The quantitative estimate of drug-likeness (QED) is 0.820. The molecule has 1 saturated heterocycles. The highest BCUT2D eigenvalue weighted by molar-refractivity contribution is 6.30. The Hall–Kier alpha value is -0.570. The Bertz CT molecular complexity index is 360. The molecule has 106 valence electrons. The zero-order chi connectivity index (χ0) is 13.5. The minimum atomic E-state index is 0.446. The molecule has 1 fully saturated rings. The number of halogens is 1. The minimum absolute atomic E-state index is 0.446. The van der Waals surface area contributed by atoms with Gasteiger partial charge in [-0.1, -0.05) is 30.7 Å². The van der Waals surface area contributed by atoms with Crippen molar-refractivity contribution in [3.8, 4) is 0 Å². The molecule has 0 aliphatic carbocycles. The Morgan fingerprint density at radius 2 is 2.16 bits per heavy atom. The summed E-state index contributed by atoms with van der Waals surface area (Å²) >= 11 is 5.93. The van der Waals surface area contributed by atoms with E-state index in [2.05, 4.69) is 24.4 Å². The van der Waals surface area contributed by atoms with E-state index in [1.165, 1.54) is 24.8 Å². The Labute approximate surface area is 121 Å². The molecule has 2 nitrogen and oxygen atoms in total. The van der Waals surface area contributed by atoms with Gasteiger partial charge < -0.3 is 10.1 Å². The monoisotopic (exact) mass is 281 g/mol. The van der Waals surface area contributed by atoms with Crippen molar-refractivity contribution in [2.45, 2.75) is 51.2 Å². The van der Waals surface area contributed by atoms with Gasteiger partial charge in [0.05, 0.1) is 6.10 Å². The first-order chi connectivity index (χ1) is 9.28. The van der Waals surface area contributed by atoms with Crippen LogP contribution in [0.3, 0.4) is 0 Å². The SMILES string of the molecule is CCCNC(Cc1ccc(Cl)cc1)CC1CCCO1. The van der Waals surface area contributed by atoms with Crippen molar-refractivity contribution >= 4 is 11.6 Å². The van der Waals surface area contributed by atoms with E-state index in [0.717, 1.165) is 31.0 Å². The maximum atomic E-state index is 5.93. The predicted molar refractivity (Wildman–Crippen MR) is 80.8 cm³/mol. The molecule has 1 heterocycles. The van der Waals surface area contributed by atoms with E-state index in [1.807, 2.05) is 12.1 Å². The second kappa shape index (κ2) is 7.88. The van der Waals surface area contributed by atoms with Crippen molar-refractivity contribution in [3.63, 3.8) is 0 Å². The summed E-state index contributed by atoms with van der Waals surface area (Å²) in [5.41, 5.74) is 1.34. The number of benzene rings is 1. The zero-order valence-corrected chi connectivity index (χ0v) is 12.5. The van der Waals surface area contributed by atoms with Crippen molar-refractivity contribution < 1.29 is 4.74 Å². The van der Waals surface area contributed by atoms with Crippen molar-refractivity contribution in [3.05, 3.63) is 34.9 Å². The fraction of sp³-hybridized carbons (Fsp3) is 0.625. The van der Waals surface area contributed by atoms with Crippen LogP contribution in [-0.4, -0.2) is 25.3 Å². The maximum Gasteiger partial charge on any atom is 0.0590 e. The van der Waals surface area contributed by atoms with Gasteiger partial charge in [-0.15, -0.1) is 0 Å². The molecule has 1 N–H and O–H groups in total. The smallest absolute Gasteiger partial charge is 0.0590 e. The summed E-state index contributed by atoms with van der Waals surface area (Å²) in [6.07, 6.45) is 6.21. The van der Waals surface area contributed by atoms with E-state index >= 15 is 0 Å². The summed E-state index contributed by atoms with van der Waals surface area (Å²) < 4.78 is 5.76. The van der Waals surface area contributed by atoms with Gasteiger partial charge in [0.15, 0.2) is 0 Å². The number of rotatable bonds is 7. The molecule has 3 heteroatoms. The van der Waals surface area contributed by atoms with Crippen LogP contribution in [-0.2, 0) is 11.2 Å². The summed E-state index contributed by atoms with van der Waals surface area (Å²) in [5, 5.41) is 4.45. The summed E-state index contributed by atoms with van der Waals surface area (Å²) in [5.74, 6) is 0. The lowest BCUT2D eigenvalue weighted by Crippen LogP contribution is -2.35. The second-order valence-corrected chi connectivity index (χ2v) is 5.79. The molecule has 1 aliphatic heterocycles. The fourth-order valence-electron chi connectivity index (χ4n) is 2.64. The van der Waals surface area contributed by atoms with E-state index < -0.39 is 0 Å². The molecule has 1 aromatic rings. The van der Waals surface area contributed by atoms with Crippen molar-refractivity contribution in [2.24, 2.45) is 0 Å². The van der Waals surface area contributed by atoms with Crippen molar-refractivity contribution in [1.82, 2.24) is 5.32 Å². The molecule has 0 spiro atoms. The topological polar surface area (TPSA) is 21.3 Å². The standard InChI is InChI=1S/C16H24ClNO/c1-2-9-18-15(12-16-4-3-10-19-16)11-13-5-7-14(17)8-6-13/h5-8,15-16,18H,2-4,9-12H2,1H3. The summed E-state index contributed by atoms with van der Waals surface area (Å²) in [7, 11) is 0. The average molecular weight is 282 g/mol. The average Bonchev–Trinajstić information content (AvgIpc) is 2.91. The van der Waals surface area contributed by atoms with Gasteiger partial charge in [0.2, 0.25) is 0 Å². The molecule has 1 aliphatic rings. The third-order valence-corrected chi connectivity index (χ3v) is 3.90. The minimum Gasteiger partial charge on any atom is -0.378 e. The molecule has 2 rings (SSSR count). The molecule has 0 amide bonds. The first-order valence-corrected chi connectivity index (χ1v) is 7.75. The lowest BCUT2D eigenvalue weighted by molar-refractivity contribution is 0.0946. The Morgan fingerprint density at radius 3 is 2.79 bits per heavy atom. The Morgan fingerprint density at radius 1 is 1.37 bits per heavy atom. The van der Waals surface area contributed by atoms with Crippen LogP contribution in [0.25, 0.3) is 0 Å². The maximum absolute atomic E-state index is 5.93. The molecular formula is C16H24ClNO. The molecule has 2 unspecified atom stereocenters. The summed E-state index contributed by atoms with van der Waals surface area (Å²) in [6.45, 7) is 4.22. The number of nitrogens with one attached hydrogen (secondary N) is 1. The van der Waals surface area contributed by atoms with E-state index in [-0.39, 0.29) is 0 Å². The highest BCUT2D eigenvalue weighted by Crippen LogP contribution is 2.19.